The third kappa shape index (κ3) is 3.57. The van der Waals surface area contributed by atoms with E-state index < -0.39 is 6.04 Å². The number of carbonyl (C=O) groups is 2. The number of aromatic amines is 1. The maximum absolute atomic E-state index is 13.1. The van der Waals surface area contributed by atoms with Gasteiger partial charge in [-0.25, -0.2) is 4.98 Å². The van der Waals surface area contributed by atoms with Crippen molar-refractivity contribution in [2.24, 2.45) is 0 Å². The van der Waals surface area contributed by atoms with Crippen LogP contribution in [0.25, 0.3) is 0 Å². The average molecular weight is 361 g/mol. The third-order valence-corrected chi connectivity index (χ3v) is 4.72. The first-order chi connectivity index (χ1) is 13.2. The first kappa shape index (κ1) is 17.0. The highest BCUT2D eigenvalue weighted by atomic mass is 16.2. The molecule has 136 valence electrons. The minimum atomic E-state index is -0.602. The molecule has 0 bridgehead atoms. The lowest BCUT2D eigenvalue weighted by Crippen LogP contribution is -2.47. The quantitative estimate of drug-likeness (QED) is 0.746. The number of hydrogen-bond donors (Lipinski definition) is 2. The molecule has 1 atom stereocenters. The number of nitrogens with zero attached hydrogens (tertiary/aromatic N) is 3. The molecule has 0 radical (unpaired) electrons. The zero-order valence-electron chi connectivity index (χ0n) is 14.6. The van der Waals surface area contributed by atoms with Crippen LogP contribution in [0.3, 0.4) is 0 Å². The normalized spacial score (nSPS) is 16.1. The third-order valence-electron chi connectivity index (χ3n) is 4.72. The van der Waals surface area contributed by atoms with E-state index in [0.29, 0.717) is 19.4 Å². The average Bonchev–Trinajstić information content (AvgIpc) is 3.18. The van der Waals surface area contributed by atoms with Crippen LogP contribution in [0.4, 0.5) is 5.69 Å². The molecule has 0 saturated heterocycles. The Morgan fingerprint density at radius 3 is 2.67 bits per heavy atom. The number of hydrogen-bond acceptors (Lipinski definition) is 4. The molecule has 27 heavy (non-hydrogen) atoms. The van der Waals surface area contributed by atoms with Gasteiger partial charge in [0.1, 0.15) is 12.4 Å². The Morgan fingerprint density at radius 1 is 1.11 bits per heavy atom. The summed E-state index contributed by atoms with van der Waals surface area (Å²) >= 11 is 0. The number of benzene rings is 2. The van der Waals surface area contributed by atoms with Gasteiger partial charge in [0.25, 0.3) is 5.91 Å². The molecule has 0 saturated carbocycles. The first-order valence-electron chi connectivity index (χ1n) is 8.81. The number of aryl methyl sites for hydroxylation is 1. The fourth-order valence-electron chi connectivity index (χ4n) is 3.35. The maximum atomic E-state index is 13.1. The number of amides is 2. The number of nitrogens with one attached hydrogen (secondary N) is 2. The predicted molar refractivity (Wildman–Crippen MR) is 99.9 cm³/mol. The molecule has 1 aliphatic heterocycles. The van der Waals surface area contributed by atoms with Gasteiger partial charge in [-0.05, 0) is 30.0 Å². The number of aromatic nitrogens is 3. The Labute approximate surface area is 156 Å². The Kier molecular flexibility index (Phi) is 4.65. The van der Waals surface area contributed by atoms with Crippen LogP contribution in [0.2, 0.25) is 0 Å². The summed E-state index contributed by atoms with van der Waals surface area (Å²) in [5.74, 6) is -0.410. The molecule has 2 N–H and O–H groups in total. The van der Waals surface area contributed by atoms with Crippen molar-refractivity contribution in [2.75, 3.05) is 5.32 Å². The molecule has 4 rings (SSSR count). The summed E-state index contributed by atoms with van der Waals surface area (Å²) in [5.41, 5.74) is 2.82. The zero-order valence-corrected chi connectivity index (χ0v) is 14.6. The first-order valence-corrected chi connectivity index (χ1v) is 8.81. The van der Waals surface area contributed by atoms with Crippen LogP contribution in [0.5, 0.6) is 0 Å². The smallest absolute Gasteiger partial charge is 0.292 e. The summed E-state index contributed by atoms with van der Waals surface area (Å²) in [7, 11) is 0. The number of rotatable bonds is 4. The summed E-state index contributed by atoms with van der Waals surface area (Å²) in [6, 6.07) is 16.7. The van der Waals surface area contributed by atoms with Crippen LogP contribution in [0.1, 0.15) is 28.2 Å². The highest BCUT2D eigenvalue weighted by Crippen LogP contribution is 2.25. The van der Waals surface area contributed by atoms with Crippen LogP contribution in [-0.2, 0) is 17.8 Å². The van der Waals surface area contributed by atoms with E-state index in [2.05, 4.69) is 20.5 Å². The van der Waals surface area contributed by atoms with Gasteiger partial charge in [0.15, 0.2) is 0 Å². The number of para-hydroxylation sites is 1. The number of carbonyl (C=O) groups excluding carboxylic acids is 2. The van der Waals surface area contributed by atoms with Crippen molar-refractivity contribution >= 4 is 17.5 Å². The van der Waals surface area contributed by atoms with E-state index >= 15 is 0 Å². The topological polar surface area (TPSA) is 91.0 Å². The van der Waals surface area contributed by atoms with Crippen molar-refractivity contribution in [3.8, 4) is 0 Å². The highest BCUT2D eigenvalue weighted by Gasteiger charge is 2.33. The molecule has 3 aromatic rings. The molecule has 0 aliphatic carbocycles. The summed E-state index contributed by atoms with van der Waals surface area (Å²) in [6.45, 7) is 0.314. The number of H-pyrrole nitrogens is 1. The lowest BCUT2D eigenvalue weighted by atomic mass is 10.0. The summed E-state index contributed by atoms with van der Waals surface area (Å²) < 4.78 is 0. The second kappa shape index (κ2) is 7.41. The molecule has 7 heteroatoms. The van der Waals surface area contributed by atoms with Crippen LogP contribution in [-0.4, -0.2) is 37.9 Å². The molecular formula is C20H19N5O2. The second-order valence-corrected chi connectivity index (χ2v) is 6.45. The van der Waals surface area contributed by atoms with E-state index in [1.54, 1.807) is 4.90 Å². The van der Waals surface area contributed by atoms with E-state index in [-0.39, 0.29) is 17.6 Å². The van der Waals surface area contributed by atoms with Gasteiger partial charge in [-0.2, -0.15) is 5.10 Å². The van der Waals surface area contributed by atoms with Crippen LogP contribution < -0.4 is 5.32 Å². The van der Waals surface area contributed by atoms with Gasteiger partial charge in [-0.1, -0.05) is 48.5 Å². The highest BCUT2D eigenvalue weighted by molar-refractivity contribution is 6.00. The van der Waals surface area contributed by atoms with Crippen molar-refractivity contribution in [2.45, 2.75) is 25.4 Å². The van der Waals surface area contributed by atoms with E-state index in [4.69, 9.17) is 0 Å². The fourth-order valence-corrected chi connectivity index (χ4v) is 3.35. The van der Waals surface area contributed by atoms with Gasteiger partial charge in [-0.3, -0.25) is 14.7 Å². The van der Waals surface area contributed by atoms with Gasteiger partial charge in [0.2, 0.25) is 11.7 Å². The Morgan fingerprint density at radius 2 is 1.89 bits per heavy atom. The van der Waals surface area contributed by atoms with Gasteiger partial charge >= 0.3 is 0 Å². The minimum Gasteiger partial charge on any atom is -0.324 e. The summed E-state index contributed by atoms with van der Waals surface area (Å²) in [5, 5.41) is 9.33. The molecule has 2 aromatic carbocycles. The molecule has 2 heterocycles. The fraction of sp³-hybridized carbons (Fsp3) is 0.200. The second-order valence-electron chi connectivity index (χ2n) is 6.45. The summed E-state index contributed by atoms with van der Waals surface area (Å²) in [6.07, 6.45) is 2.53. The van der Waals surface area contributed by atoms with E-state index in [0.717, 1.165) is 16.8 Å². The Bertz CT molecular complexity index is 940. The number of anilines is 1. The van der Waals surface area contributed by atoms with Gasteiger partial charge in [-0.15, -0.1) is 0 Å². The standard InChI is InChI=1S/C20H19N5O2/c26-19-17(11-10-15-8-4-5-9-16(15)23-19)25(12-14-6-2-1-3-7-14)20(27)18-21-13-22-24-18/h1-9,13,17H,10-12H2,(H,23,26)(H,21,22,24). The molecule has 0 spiro atoms. The lowest BCUT2D eigenvalue weighted by molar-refractivity contribution is -0.120. The van der Waals surface area contributed by atoms with Gasteiger partial charge < -0.3 is 10.2 Å². The lowest BCUT2D eigenvalue weighted by Gasteiger charge is -2.29. The van der Waals surface area contributed by atoms with Gasteiger partial charge in [0.05, 0.1) is 0 Å². The Hall–Kier alpha value is -3.48. The largest absolute Gasteiger partial charge is 0.324 e. The maximum Gasteiger partial charge on any atom is 0.292 e. The molecule has 1 aromatic heterocycles. The van der Waals surface area contributed by atoms with E-state index in [9.17, 15) is 9.59 Å². The van der Waals surface area contributed by atoms with Crippen LogP contribution in [0.15, 0.2) is 60.9 Å². The molecule has 1 unspecified atom stereocenters. The van der Waals surface area contributed by atoms with Gasteiger partial charge in [0, 0.05) is 12.2 Å². The van der Waals surface area contributed by atoms with Crippen molar-refractivity contribution in [1.82, 2.24) is 20.1 Å². The minimum absolute atomic E-state index is 0.125. The summed E-state index contributed by atoms with van der Waals surface area (Å²) in [4.78, 5) is 31.5. The van der Waals surface area contributed by atoms with Crippen LogP contribution in [0, 0.1) is 0 Å². The van der Waals surface area contributed by atoms with Crippen LogP contribution >= 0.6 is 0 Å². The molecule has 1 aliphatic rings. The van der Waals surface area contributed by atoms with Crippen molar-refractivity contribution < 1.29 is 9.59 Å². The van der Waals surface area contributed by atoms with E-state index in [1.807, 2.05) is 54.6 Å². The zero-order chi connectivity index (χ0) is 18.6. The molecule has 0 fully saturated rings. The molecule has 2 amide bonds. The van der Waals surface area contributed by atoms with E-state index in [1.165, 1.54) is 6.33 Å². The predicted octanol–water partition coefficient (Wildman–Crippen LogP) is 2.40. The van der Waals surface area contributed by atoms with Crippen molar-refractivity contribution in [3.05, 3.63) is 77.9 Å². The molecule has 7 nitrogen and oxygen atoms in total. The SMILES string of the molecule is O=C1Nc2ccccc2CCC1N(Cc1ccccc1)C(=O)c1ncn[nH]1. The number of fused-ring (bicyclic) bond motifs is 1. The Balaban J connectivity index is 1.65. The van der Waals surface area contributed by atoms with Crippen molar-refractivity contribution in [3.63, 3.8) is 0 Å². The monoisotopic (exact) mass is 361 g/mol. The molecular weight excluding hydrogens is 342 g/mol. The van der Waals surface area contributed by atoms with Crippen molar-refractivity contribution in [1.29, 1.82) is 0 Å².